The number of nitrogens with one attached hydrogen (secondary N) is 1. The molecular formula is C23H24N2O. The van der Waals surface area contributed by atoms with E-state index in [-0.39, 0.29) is 0 Å². The Morgan fingerprint density at radius 3 is 2.42 bits per heavy atom. The summed E-state index contributed by atoms with van der Waals surface area (Å²) in [7, 11) is 0. The van der Waals surface area contributed by atoms with Crippen molar-refractivity contribution in [3.63, 3.8) is 0 Å². The molecule has 3 heteroatoms. The quantitative estimate of drug-likeness (QED) is 0.464. The van der Waals surface area contributed by atoms with Crippen molar-refractivity contribution in [2.24, 2.45) is 5.10 Å². The molecule has 26 heavy (non-hydrogen) atoms. The van der Waals surface area contributed by atoms with Crippen LogP contribution in [0.1, 0.15) is 27.8 Å². The lowest BCUT2D eigenvalue weighted by atomic mass is 10.1. The Bertz CT molecular complexity index is 898. The van der Waals surface area contributed by atoms with Gasteiger partial charge >= 0.3 is 0 Å². The molecule has 3 aromatic rings. The molecule has 0 aliphatic heterocycles. The Morgan fingerprint density at radius 1 is 0.885 bits per heavy atom. The van der Waals surface area contributed by atoms with Crippen LogP contribution in [0.3, 0.4) is 0 Å². The zero-order valence-electron chi connectivity index (χ0n) is 15.5. The summed E-state index contributed by atoms with van der Waals surface area (Å²) in [4.78, 5) is 0. The maximum absolute atomic E-state index is 5.98. The Balaban J connectivity index is 1.66. The summed E-state index contributed by atoms with van der Waals surface area (Å²) in [5, 5.41) is 4.35. The van der Waals surface area contributed by atoms with Crippen molar-refractivity contribution < 1.29 is 4.74 Å². The number of para-hydroxylation sites is 1. The summed E-state index contributed by atoms with van der Waals surface area (Å²) in [5.41, 5.74) is 9.91. The SMILES string of the molecule is Cc1ccc(COc2ccccc2/C=N/Nc2ccc(C)c(C)c2)cc1. The number of hydrazone groups is 1. The highest BCUT2D eigenvalue weighted by atomic mass is 16.5. The highest BCUT2D eigenvalue weighted by Crippen LogP contribution is 2.18. The Kier molecular flexibility index (Phi) is 5.69. The van der Waals surface area contributed by atoms with Crippen molar-refractivity contribution in [3.05, 3.63) is 94.5 Å². The number of rotatable bonds is 6. The first kappa shape index (κ1) is 17.7. The first-order valence-electron chi connectivity index (χ1n) is 8.75. The number of aryl methyl sites for hydroxylation is 3. The fourth-order valence-corrected chi connectivity index (χ4v) is 2.55. The van der Waals surface area contributed by atoms with Crippen LogP contribution in [-0.4, -0.2) is 6.21 Å². The van der Waals surface area contributed by atoms with Crippen molar-refractivity contribution in [1.82, 2.24) is 0 Å². The van der Waals surface area contributed by atoms with Crippen LogP contribution in [0.5, 0.6) is 5.75 Å². The summed E-state index contributed by atoms with van der Waals surface area (Å²) >= 11 is 0. The number of nitrogens with zero attached hydrogens (tertiary/aromatic N) is 1. The largest absolute Gasteiger partial charge is 0.488 e. The van der Waals surface area contributed by atoms with Gasteiger partial charge in [0.15, 0.2) is 0 Å². The molecule has 0 heterocycles. The van der Waals surface area contributed by atoms with Crippen molar-refractivity contribution in [1.29, 1.82) is 0 Å². The summed E-state index contributed by atoms with van der Waals surface area (Å²) in [5.74, 6) is 0.818. The molecule has 0 atom stereocenters. The summed E-state index contributed by atoms with van der Waals surface area (Å²) in [6, 6.07) is 22.5. The van der Waals surface area contributed by atoms with Gasteiger partial charge in [0.05, 0.1) is 11.9 Å². The Hall–Kier alpha value is -3.07. The van der Waals surface area contributed by atoms with Crippen molar-refractivity contribution in [2.45, 2.75) is 27.4 Å². The number of hydrogen-bond acceptors (Lipinski definition) is 3. The first-order chi connectivity index (χ1) is 12.6. The highest BCUT2D eigenvalue weighted by molar-refractivity contribution is 5.84. The summed E-state index contributed by atoms with van der Waals surface area (Å²) in [6.07, 6.45) is 1.79. The van der Waals surface area contributed by atoms with Crippen molar-refractivity contribution in [2.75, 3.05) is 5.43 Å². The van der Waals surface area contributed by atoms with Gasteiger partial charge in [-0.05, 0) is 61.7 Å². The second-order valence-electron chi connectivity index (χ2n) is 6.48. The molecule has 0 aromatic heterocycles. The maximum atomic E-state index is 5.98. The Morgan fingerprint density at radius 2 is 1.65 bits per heavy atom. The molecule has 0 spiro atoms. The minimum atomic E-state index is 0.537. The molecule has 1 N–H and O–H groups in total. The Labute approximate surface area is 155 Å². The average Bonchev–Trinajstić information content (AvgIpc) is 2.65. The molecule has 0 radical (unpaired) electrons. The van der Waals surface area contributed by atoms with Gasteiger partial charge in [-0.15, -0.1) is 0 Å². The lowest BCUT2D eigenvalue weighted by molar-refractivity contribution is 0.306. The predicted octanol–water partition coefficient (Wildman–Crippen LogP) is 5.64. The molecule has 0 saturated carbocycles. The third-order valence-corrected chi connectivity index (χ3v) is 4.34. The fourth-order valence-electron chi connectivity index (χ4n) is 2.55. The molecule has 132 valence electrons. The van der Waals surface area contributed by atoms with Gasteiger partial charge in [0.1, 0.15) is 12.4 Å². The van der Waals surface area contributed by atoms with Gasteiger partial charge in [0.25, 0.3) is 0 Å². The molecule has 0 amide bonds. The molecule has 0 saturated heterocycles. The molecule has 0 fully saturated rings. The van der Waals surface area contributed by atoms with Crippen LogP contribution in [0.15, 0.2) is 71.8 Å². The van der Waals surface area contributed by atoms with E-state index in [0.717, 1.165) is 22.6 Å². The standard InChI is InChI=1S/C23H24N2O/c1-17-8-11-20(12-9-17)16-26-23-7-5-4-6-21(23)15-24-25-22-13-10-18(2)19(3)14-22/h4-15,25H,16H2,1-3H3/b24-15+. The second-order valence-corrected chi connectivity index (χ2v) is 6.48. The molecule has 0 aliphatic carbocycles. The monoisotopic (exact) mass is 344 g/mol. The zero-order chi connectivity index (χ0) is 18.4. The van der Waals surface area contributed by atoms with E-state index in [0.29, 0.717) is 6.61 Å². The highest BCUT2D eigenvalue weighted by Gasteiger charge is 2.02. The third kappa shape index (κ3) is 4.73. The van der Waals surface area contributed by atoms with Gasteiger partial charge in [-0.1, -0.05) is 48.0 Å². The van der Waals surface area contributed by atoms with Crippen LogP contribution < -0.4 is 10.2 Å². The fraction of sp³-hybridized carbons (Fsp3) is 0.174. The van der Waals surface area contributed by atoms with E-state index in [1.807, 2.05) is 30.3 Å². The molecule has 3 aromatic carbocycles. The van der Waals surface area contributed by atoms with Crippen LogP contribution in [0.2, 0.25) is 0 Å². The van der Waals surface area contributed by atoms with Crippen LogP contribution >= 0.6 is 0 Å². The van der Waals surface area contributed by atoms with E-state index in [2.05, 4.69) is 67.7 Å². The van der Waals surface area contributed by atoms with Crippen LogP contribution in [0, 0.1) is 20.8 Å². The summed E-state index contributed by atoms with van der Waals surface area (Å²) < 4.78 is 5.98. The lowest BCUT2D eigenvalue weighted by Gasteiger charge is -2.09. The van der Waals surface area contributed by atoms with Gasteiger partial charge in [0.2, 0.25) is 0 Å². The van der Waals surface area contributed by atoms with Crippen molar-refractivity contribution in [3.8, 4) is 5.75 Å². The van der Waals surface area contributed by atoms with Crippen LogP contribution in [0.4, 0.5) is 5.69 Å². The van der Waals surface area contributed by atoms with E-state index in [1.165, 1.54) is 16.7 Å². The molecular weight excluding hydrogens is 320 g/mol. The summed E-state index contributed by atoms with van der Waals surface area (Å²) in [6.45, 7) is 6.82. The first-order valence-corrected chi connectivity index (χ1v) is 8.75. The normalized spacial score (nSPS) is 10.9. The van der Waals surface area contributed by atoms with E-state index >= 15 is 0 Å². The topological polar surface area (TPSA) is 33.6 Å². The molecule has 0 bridgehead atoms. The number of hydrogen-bond donors (Lipinski definition) is 1. The number of benzene rings is 3. The van der Waals surface area contributed by atoms with Crippen LogP contribution in [0.25, 0.3) is 0 Å². The predicted molar refractivity (Wildman–Crippen MR) is 109 cm³/mol. The third-order valence-electron chi connectivity index (χ3n) is 4.34. The second kappa shape index (κ2) is 8.34. The number of ether oxygens (including phenoxy) is 1. The van der Waals surface area contributed by atoms with Gasteiger partial charge in [0, 0.05) is 5.56 Å². The van der Waals surface area contributed by atoms with E-state index in [1.54, 1.807) is 6.21 Å². The minimum absolute atomic E-state index is 0.537. The van der Waals surface area contributed by atoms with E-state index in [4.69, 9.17) is 4.74 Å². The van der Waals surface area contributed by atoms with Crippen LogP contribution in [-0.2, 0) is 6.61 Å². The van der Waals surface area contributed by atoms with Crippen molar-refractivity contribution >= 4 is 11.9 Å². The average molecular weight is 344 g/mol. The molecule has 0 aliphatic rings. The number of anilines is 1. The molecule has 0 unspecified atom stereocenters. The smallest absolute Gasteiger partial charge is 0.128 e. The zero-order valence-corrected chi connectivity index (χ0v) is 15.5. The van der Waals surface area contributed by atoms with Gasteiger partial charge < -0.3 is 4.74 Å². The maximum Gasteiger partial charge on any atom is 0.128 e. The van der Waals surface area contributed by atoms with Gasteiger partial charge in [-0.3, -0.25) is 5.43 Å². The van der Waals surface area contributed by atoms with E-state index in [9.17, 15) is 0 Å². The molecule has 3 rings (SSSR count). The van der Waals surface area contributed by atoms with Gasteiger partial charge in [-0.25, -0.2) is 0 Å². The van der Waals surface area contributed by atoms with E-state index < -0.39 is 0 Å². The molecule has 3 nitrogen and oxygen atoms in total. The minimum Gasteiger partial charge on any atom is -0.488 e. The lowest BCUT2D eigenvalue weighted by Crippen LogP contribution is -1.99. The van der Waals surface area contributed by atoms with Gasteiger partial charge in [-0.2, -0.15) is 5.10 Å².